The zero-order valence-electron chi connectivity index (χ0n) is 10.4. The number of aryl methyl sites for hydroxylation is 1. The van der Waals surface area contributed by atoms with Crippen LogP contribution in [0.25, 0.3) is 0 Å². The highest BCUT2D eigenvalue weighted by molar-refractivity contribution is 5.43. The number of aliphatic hydroxyl groups excluding tert-OH is 1. The molecule has 0 aliphatic carbocycles. The van der Waals surface area contributed by atoms with E-state index in [-0.39, 0.29) is 12.0 Å². The number of benzene rings is 1. The third-order valence-electron chi connectivity index (χ3n) is 4.11. The fraction of sp³-hybridized carbons (Fsp3) is 0.571. The van der Waals surface area contributed by atoms with E-state index in [2.05, 4.69) is 37.1 Å². The maximum absolute atomic E-state index is 10.3. The topological polar surface area (TPSA) is 32.7 Å². The van der Waals surface area contributed by atoms with E-state index in [0.29, 0.717) is 12.6 Å². The molecule has 1 aromatic rings. The Labute approximate surface area is 102 Å². The van der Waals surface area contributed by atoms with Crippen LogP contribution in [0.4, 0.5) is 0 Å². The van der Waals surface area contributed by atoms with Gasteiger partial charge in [-0.1, -0.05) is 12.1 Å². The SMILES string of the molecule is Cc1ccc2c(c1)OC[C@H]1[C@H]2C(O)CCN1C. The summed E-state index contributed by atoms with van der Waals surface area (Å²) < 4.78 is 5.84. The quantitative estimate of drug-likeness (QED) is 0.737. The lowest BCUT2D eigenvalue weighted by atomic mass is 9.80. The fourth-order valence-corrected chi connectivity index (χ4v) is 3.07. The Morgan fingerprint density at radius 1 is 1.41 bits per heavy atom. The molecule has 3 rings (SSSR count). The number of hydrogen-bond donors (Lipinski definition) is 1. The summed E-state index contributed by atoms with van der Waals surface area (Å²) in [6.07, 6.45) is 0.617. The monoisotopic (exact) mass is 233 g/mol. The molecule has 0 saturated carbocycles. The summed E-state index contributed by atoms with van der Waals surface area (Å²) in [6.45, 7) is 3.71. The summed E-state index contributed by atoms with van der Waals surface area (Å²) >= 11 is 0. The molecule has 0 bridgehead atoms. The van der Waals surface area contributed by atoms with Gasteiger partial charge in [0.1, 0.15) is 12.4 Å². The first-order chi connectivity index (χ1) is 8.16. The summed E-state index contributed by atoms with van der Waals surface area (Å²) in [4.78, 5) is 2.31. The van der Waals surface area contributed by atoms with Gasteiger partial charge in [0, 0.05) is 18.0 Å². The maximum Gasteiger partial charge on any atom is 0.123 e. The van der Waals surface area contributed by atoms with E-state index < -0.39 is 0 Å². The Hall–Kier alpha value is -1.06. The number of likely N-dealkylation sites (N-methyl/N-ethyl adjacent to an activating group) is 1. The number of nitrogens with zero attached hydrogens (tertiary/aromatic N) is 1. The molecule has 0 amide bonds. The van der Waals surface area contributed by atoms with E-state index in [0.717, 1.165) is 18.7 Å². The molecule has 1 saturated heterocycles. The molecule has 2 aliphatic heterocycles. The molecular formula is C14H19NO2. The van der Waals surface area contributed by atoms with Crippen molar-refractivity contribution in [3.8, 4) is 5.75 Å². The van der Waals surface area contributed by atoms with Crippen molar-refractivity contribution in [2.24, 2.45) is 0 Å². The molecule has 3 nitrogen and oxygen atoms in total. The number of likely N-dealkylation sites (tertiary alicyclic amines) is 1. The van der Waals surface area contributed by atoms with Crippen molar-refractivity contribution in [2.45, 2.75) is 31.4 Å². The summed E-state index contributed by atoms with van der Waals surface area (Å²) in [5, 5.41) is 10.3. The number of fused-ring (bicyclic) bond motifs is 3. The third kappa shape index (κ3) is 1.74. The molecular weight excluding hydrogens is 214 g/mol. The van der Waals surface area contributed by atoms with Crippen LogP contribution < -0.4 is 4.74 Å². The number of aliphatic hydroxyl groups is 1. The van der Waals surface area contributed by atoms with Crippen LogP contribution in [0.3, 0.4) is 0 Å². The lowest BCUT2D eigenvalue weighted by Gasteiger charge is -2.45. The minimum absolute atomic E-state index is 0.207. The van der Waals surface area contributed by atoms with Crippen LogP contribution in [0.1, 0.15) is 23.5 Å². The first-order valence-corrected chi connectivity index (χ1v) is 6.28. The highest BCUT2D eigenvalue weighted by atomic mass is 16.5. The van der Waals surface area contributed by atoms with Gasteiger partial charge in [0.05, 0.1) is 12.1 Å². The van der Waals surface area contributed by atoms with Crippen LogP contribution in [0.5, 0.6) is 5.75 Å². The zero-order chi connectivity index (χ0) is 12.0. The number of piperidine rings is 1. The van der Waals surface area contributed by atoms with Crippen LogP contribution in [0.15, 0.2) is 18.2 Å². The predicted molar refractivity (Wildman–Crippen MR) is 66.5 cm³/mol. The lowest BCUT2D eigenvalue weighted by Crippen LogP contribution is -2.52. The molecule has 1 aromatic carbocycles. The van der Waals surface area contributed by atoms with Crippen LogP contribution in [0, 0.1) is 6.92 Å². The molecule has 1 N–H and O–H groups in total. The van der Waals surface area contributed by atoms with Gasteiger partial charge < -0.3 is 9.84 Å². The minimum atomic E-state index is -0.235. The predicted octanol–water partition coefficient (Wildman–Crippen LogP) is 1.54. The Morgan fingerprint density at radius 3 is 3.06 bits per heavy atom. The van der Waals surface area contributed by atoms with Crippen molar-refractivity contribution >= 4 is 0 Å². The average Bonchev–Trinajstić information content (AvgIpc) is 2.32. The van der Waals surface area contributed by atoms with Gasteiger partial charge in [-0.25, -0.2) is 0 Å². The van der Waals surface area contributed by atoms with Gasteiger partial charge in [0.2, 0.25) is 0 Å². The minimum Gasteiger partial charge on any atom is -0.492 e. The second kappa shape index (κ2) is 4.00. The van der Waals surface area contributed by atoms with Crippen molar-refractivity contribution in [1.82, 2.24) is 4.90 Å². The molecule has 0 aromatic heterocycles. The van der Waals surface area contributed by atoms with E-state index in [1.54, 1.807) is 0 Å². The molecule has 3 heteroatoms. The molecule has 2 aliphatic rings. The Bertz CT molecular complexity index is 432. The highest BCUT2D eigenvalue weighted by Crippen LogP contribution is 2.41. The lowest BCUT2D eigenvalue weighted by molar-refractivity contribution is 0.000459. The zero-order valence-corrected chi connectivity index (χ0v) is 10.4. The highest BCUT2D eigenvalue weighted by Gasteiger charge is 2.41. The van der Waals surface area contributed by atoms with Crippen LogP contribution in [0.2, 0.25) is 0 Å². The number of rotatable bonds is 0. The molecule has 0 radical (unpaired) electrons. The second-order valence-corrected chi connectivity index (χ2v) is 5.28. The van der Waals surface area contributed by atoms with Crippen molar-refractivity contribution in [2.75, 3.05) is 20.2 Å². The van der Waals surface area contributed by atoms with Gasteiger partial charge in [0.25, 0.3) is 0 Å². The molecule has 92 valence electrons. The van der Waals surface area contributed by atoms with Crippen LogP contribution >= 0.6 is 0 Å². The first-order valence-electron chi connectivity index (χ1n) is 6.28. The van der Waals surface area contributed by atoms with E-state index >= 15 is 0 Å². The van der Waals surface area contributed by atoms with Gasteiger partial charge in [-0.2, -0.15) is 0 Å². The first kappa shape index (κ1) is 11.1. The summed E-state index contributed by atoms with van der Waals surface area (Å²) in [7, 11) is 2.12. The van der Waals surface area contributed by atoms with Crippen LogP contribution in [-0.2, 0) is 0 Å². The Morgan fingerprint density at radius 2 is 2.24 bits per heavy atom. The standard InChI is InChI=1S/C14H19NO2/c1-9-3-4-10-13(7-9)17-8-11-14(10)12(16)5-6-15(11)2/h3-4,7,11-12,14,16H,5-6,8H2,1-2H3/t11-,12?,14-/m0/s1. The van der Waals surface area contributed by atoms with Gasteiger partial charge in [0.15, 0.2) is 0 Å². The van der Waals surface area contributed by atoms with Crippen LogP contribution in [-0.4, -0.2) is 42.4 Å². The van der Waals surface area contributed by atoms with Gasteiger partial charge in [-0.05, 0) is 32.0 Å². The second-order valence-electron chi connectivity index (χ2n) is 5.28. The van der Waals surface area contributed by atoms with Crippen molar-refractivity contribution < 1.29 is 9.84 Å². The van der Waals surface area contributed by atoms with Gasteiger partial charge in [-0.15, -0.1) is 0 Å². The normalized spacial score (nSPS) is 32.5. The van der Waals surface area contributed by atoms with E-state index in [1.165, 1.54) is 11.1 Å². The van der Waals surface area contributed by atoms with Crippen molar-refractivity contribution in [3.05, 3.63) is 29.3 Å². The summed E-state index contributed by atoms with van der Waals surface area (Å²) in [5.41, 5.74) is 2.38. The third-order valence-corrected chi connectivity index (χ3v) is 4.11. The largest absolute Gasteiger partial charge is 0.492 e. The van der Waals surface area contributed by atoms with Crippen molar-refractivity contribution in [1.29, 1.82) is 0 Å². The number of hydrogen-bond acceptors (Lipinski definition) is 3. The molecule has 3 atom stereocenters. The number of ether oxygens (including phenoxy) is 1. The van der Waals surface area contributed by atoms with E-state index in [4.69, 9.17) is 4.74 Å². The summed E-state index contributed by atoms with van der Waals surface area (Å²) in [5.74, 6) is 1.17. The van der Waals surface area contributed by atoms with Gasteiger partial charge in [-0.3, -0.25) is 4.90 Å². The average molecular weight is 233 g/mol. The molecule has 2 heterocycles. The smallest absolute Gasteiger partial charge is 0.123 e. The van der Waals surface area contributed by atoms with Crippen molar-refractivity contribution in [3.63, 3.8) is 0 Å². The van der Waals surface area contributed by atoms with E-state index in [9.17, 15) is 5.11 Å². The summed E-state index contributed by atoms with van der Waals surface area (Å²) in [6, 6.07) is 6.61. The Balaban J connectivity index is 2.03. The molecule has 0 spiro atoms. The van der Waals surface area contributed by atoms with E-state index in [1.807, 2.05) is 0 Å². The Kier molecular flexibility index (Phi) is 2.60. The van der Waals surface area contributed by atoms with Gasteiger partial charge >= 0.3 is 0 Å². The fourth-order valence-electron chi connectivity index (χ4n) is 3.07. The maximum atomic E-state index is 10.3. The molecule has 1 fully saturated rings. The molecule has 1 unspecified atom stereocenters. The molecule has 17 heavy (non-hydrogen) atoms.